The van der Waals surface area contributed by atoms with Gasteiger partial charge in [0.2, 0.25) is 10.0 Å². The minimum Gasteiger partial charge on any atom is -0.457 e. The van der Waals surface area contributed by atoms with Gasteiger partial charge in [-0.15, -0.1) is 0 Å². The molecule has 0 aliphatic heterocycles. The van der Waals surface area contributed by atoms with Crippen LogP contribution in [0.5, 0.6) is 0 Å². The summed E-state index contributed by atoms with van der Waals surface area (Å²) in [5.74, 6) is -1.34. The molecular formula is C18H19ClFNO4S. The molecule has 0 radical (unpaired) electrons. The molecule has 0 aliphatic rings. The summed E-state index contributed by atoms with van der Waals surface area (Å²) in [6, 6.07) is 9.72. The maximum Gasteiger partial charge on any atom is 0.338 e. The fraction of sp³-hybridized carbons (Fsp3) is 0.278. The third-order valence-electron chi connectivity index (χ3n) is 3.82. The van der Waals surface area contributed by atoms with Gasteiger partial charge in [0.05, 0.1) is 15.5 Å². The Kier molecular flexibility index (Phi) is 6.75. The second-order valence-electron chi connectivity index (χ2n) is 5.39. The van der Waals surface area contributed by atoms with Crippen molar-refractivity contribution in [1.29, 1.82) is 0 Å². The number of rotatable bonds is 7. The summed E-state index contributed by atoms with van der Waals surface area (Å²) < 4.78 is 45.2. The van der Waals surface area contributed by atoms with Crippen molar-refractivity contribution < 1.29 is 22.3 Å². The van der Waals surface area contributed by atoms with E-state index in [1.165, 1.54) is 46.8 Å². The molecule has 0 heterocycles. The van der Waals surface area contributed by atoms with Gasteiger partial charge in [-0.2, -0.15) is 4.31 Å². The molecule has 2 rings (SSSR count). The van der Waals surface area contributed by atoms with Gasteiger partial charge in [0.25, 0.3) is 0 Å². The largest absolute Gasteiger partial charge is 0.457 e. The highest BCUT2D eigenvalue weighted by Gasteiger charge is 2.23. The second-order valence-corrected chi connectivity index (χ2v) is 7.74. The summed E-state index contributed by atoms with van der Waals surface area (Å²) in [7, 11) is -3.69. The first-order valence-corrected chi connectivity index (χ1v) is 9.83. The molecule has 5 nitrogen and oxygen atoms in total. The van der Waals surface area contributed by atoms with Gasteiger partial charge in [-0.25, -0.2) is 17.6 Å². The van der Waals surface area contributed by atoms with Gasteiger partial charge in [-0.3, -0.25) is 0 Å². The summed E-state index contributed by atoms with van der Waals surface area (Å²) in [6.45, 7) is 3.75. The van der Waals surface area contributed by atoms with Crippen molar-refractivity contribution in [2.45, 2.75) is 25.3 Å². The van der Waals surface area contributed by atoms with Crippen molar-refractivity contribution in [1.82, 2.24) is 4.31 Å². The Bertz CT molecular complexity index is 878. The monoisotopic (exact) mass is 399 g/mol. The fourth-order valence-corrected chi connectivity index (χ4v) is 4.11. The summed E-state index contributed by atoms with van der Waals surface area (Å²) in [4.78, 5) is 12.2. The first-order valence-electron chi connectivity index (χ1n) is 8.01. The van der Waals surface area contributed by atoms with E-state index in [1.807, 2.05) is 0 Å². The number of nitrogens with zero attached hydrogens (tertiary/aromatic N) is 1. The number of halogens is 2. The molecule has 0 atom stereocenters. The van der Waals surface area contributed by atoms with Crippen molar-refractivity contribution in [3.05, 3.63) is 64.4 Å². The molecule has 2 aromatic carbocycles. The Morgan fingerprint density at radius 3 is 2.42 bits per heavy atom. The van der Waals surface area contributed by atoms with Crippen molar-refractivity contribution >= 4 is 27.6 Å². The predicted molar refractivity (Wildman–Crippen MR) is 97.1 cm³/mol. The Hall–Kier alpha value is -1.96. The van der Waals surface area contributed by atoms with Crippen molar-refractivity contribution in [3.8, 4) is 0 Å². The molecule has 0 spiro atoms. The molecular weight excluding hydrogens is 381 g/mol. The molecule has 0 aromatic heterocycles. The van der Waals surface area contributed by atoms with Crippen LogP contribution in [-0.2, 0) is 21.4 Å². The smallest absolute Gasteiger partial charge is 0.338 e. The number of hydrogen-bond acceptors (Lipinski definition) is 4. The van der Waals surface area contributed by atoms with E-state index >= 15 is 0 Å². The minimum atomic E-state index is -3.69. The summed E-state index contributed by atoms with van der Waals surface area (Å²) in [6.07, 6.45) is 0. The minimum absolute atomic E-state index is 0.000394. The molecule has 26 heavy (non-hydrogen) atoms. The Morgan fingerprint density at radius 1 is 1.15 bits per heavy atom. The fourth-order valence-electron chi connectivity index (χ4n) is 2.39. The van der Waals surface area contributed by atoms with Gasteiger partial charge in [0.15, 0.2) is 0 Å². The van der Waals surface area contributed by atoms with E-state index < -0.39 is 21.8 Å². The van der Waals surface area contributed by atoms with Crippen LogP contribution in [0.2, 0.25) is 5.02 Å². The predicted octanol–water partition coefficient (Wildman–Crippen LogP) is 3.87. The van der Waals surface area contributed by atoms with E-state index in [4.69, 9.17) is 16.3 Å². The third kappa shape index (κ3) is 4.41. The first-order chi connectivity index (χ1) is 12.3. The molecule has 0 aliphatic carbocycles. The molecule has 0 N–H and O–H groups in total. The van der Waals surface area contributed by atoms with E-state index in [0.29, 0.717) is 13.1 Å². The number of carbonyl (C=O) groups is 1. The molecule has 2 aromatic rings. The summed E-state index contributed by atoms with van der Waals surface area (Å²) in [5.41, 5.74) is 0.125. The topological polar surface area (TPSA) is 63.7 Å². The van der Waals surface area contributed by atoms with E-state index in [1.54, 1.807) is 13.8 Å². The zero-order valence-corrected chi connectivity index (χ0v) is 16.0. The van der Waals surface area contributed by atoms with Crippen LogP contribution < -0.4 is 0 Å². The van der Waals surface area contributed by atoms with Crippen molar-refractivity contribution in [3.63, 3.8) is 0 Å². The maximum atomic E-state index is 13.7. The standard InChI is InChI=1S/C18H19ClFNO4S/c1-3-21(4-2)26(23,24)14-8-5-7-13(11-14)18(22)25-12-15-16(19)9-6-10-17(15)20/h5-11H,3-4,12H2,1-2H3. The van der Waals surface area contributed by atoms with E-state index in [2.05, 4.69) is 0 Å². The Balaban J connectivity index is 2.21. The van der Waals surface area contributed by atoms with Crippen LogP contribution in [0.15, 0.2) is 47.4 Å². The molecule has 140 valence electrons. The highest BCUT2D eigenvalue weighted by molar-refractivity contribution is 7.89. The first kappa shape index (κ1) is 20.4. The number of benzene rings is 2. The lowest BCUT2D eigenvalue weighted by molar-refractivity contribution is 0.0469. The summed E-state index contributed by atoms with van der Waals surface area (Å²) >= 11 is 5.89. The molecule has 0 saturated heterocycles. The molecule has 0 unspecified atom stereocenters. The van der Waals surface area contributed by atoms with Crippen LogP contribution in [-0.4, -0.2) is 31.8 Å². The number of hydrogen-bond donors (Lipinski definition) is 0. The zero-order valence-electron chi connectivity index (χ0n) is 14.4. The Labute approximate surface area is 157 Å². The average molecular weight is 400 g/mol. The van der Waals surface area contributed by atoms with Crippen molar-refractivity contribution in [2.24, 2.45) is 0 Å². The molecule has 0 fully saturated rings. The lowest BCUT2D eigenvalue weighted by Crippen LogP contribution is -2.30. The van der Waals surface area contributed by atoms with Crippen LogP contribution in [0.3, 0.4) is 0 Å². The van der Waals surface area contributed by atoms with Crippen LogP contribution >= 0.6 is 11.6 Å². The Morgan fingerprint density at radius 2 is 1.81 bits per heavy atom. The van der Waals surface area contributed by atoms with Gasteiger partial charge in [0.1, 0.15) is 12.4 Å². The maximum absolute atomic E-state index is 13.7. The quantitative estimate of drug-likeness (QED) is 0.663. The van der Waals surface area contributed by atoms with Gasteiger partial charge >= 0.3 is 5.97 Å². The van der Waals surface area contributed by atoms with Crippen molar-refractivity contribution in [2.75, 3.05) is 13.1 Å². The highest BCUT2D eigenvalue weighted by Crippen LogP contribution is 2.21. The van der Waals surface area contributed by atoms with Crippen LogP contribution in [0.25, 0.3) is 0 Å². The summed E-state index contributed by atoms with van der Waals surface area (Å²) in [5, 5.41) is 0.149. The average Bonchev–Trinajstić information content (AvgIpc) is 2.62. The van der Waals surface area contributed by atoms with E-state index in [9.17, 15) is 17.6 Å². The number of carbonyl (C=O) groups excluding carboxylic acids is 1. The third-order valence-corrected chi connectivity index (χ3v) is 6.22. The van der Waals surface area contributed by atoms with Gasteiger partial charge in [-0.1, -0.05) is 37.6 Å². The van der Waals surface area contributed by atoms with E-state index in [-0.39, 0.29) is 27.7 Å². The highest BCUT2D eigenvalue weighted by atomic mass is 35.5. The van der Waals surface area contributed by atoms with E-state index in [0.717, 1.165) is 0 Å². The van der Waals surface area contributed by atoms with Crippen LogP contribution in [0, 0.1) is 5.82 Å². The lowest BCUT2D eigenvalue weighted by atomic mass is 10.2. The lowest BCUT2D eigenvalue weighted by Gasteiger charge is -2.18. The zero-order chi connectivity index (χ0) is 19.3. The molecule has 8 heteroatoms. The molecule has 0 bridgehead atoms. The second kappa shape index (κ2) is 8.62. The number of sulfonamides is 1. The number of esters is 1. The van der Waals surface area contributed by atoms with Gasteiger partial charge < -0.3 is 4.74 Å². The van der Waals surface area contributed by atoms with Crippen LogP contribution in [0.1, 0.15) is 29.8 Å². The molecule has 0 amide bonds. The van der Waals surface area contributed by atoms with Gasteiger partial charge in [-0.05, 0) is 30.3 Å². The van der Waals surface area contributed by atoms with Crippen LogP contribution in [0.4, 0.5) is 4.39 Å². The SMILES string of the molecule is CCN(CC)S(=O)(=O)c1cccc(C(=O)OCc2c(F)cccc2Cl)c1. The number of ether oxygens (including phenoxy) is 1. The molecule has 0 saturated carbocycles. The van der Waals surface area contributed by atoms with Gasteiger partial charge in [0, 0.05) is 18.7 Å². The normalized spacial score (nSPS) is 11.6.